The predicted octanol–water partition coefficient (Wildman–Crippen LogP) is 2.74. The highest BCUT2D eigenvalue weighted by Gasteiger charge is 2.23. The molecule has 0 amide bonds. The van der Waals surface area contributed by atoms with Gasteiger partial charge >= 0.3 is 11.9 Å². The lowest BCUT2D eigenvalue weighted by atomic mass is 9.97. The molecule has 0 aliphatic rings. The molecule has 2 aromatic rings. The number of hydrogen-bond acceptors (Lipinski definition) is 3. The van der Waals surface area contributed by atoms with Gasteiger partial charge < -0.3 is 10.2 Å². The molecule has 0 atom stereocenters. The summed E-state index contributed by atoms with van der Waals surface area (Å²) in [4.78, 5) is 34.9. The van der Waals surface area contributed by atoms with Gasteiger partial charge in [-0.2, -0.15) is 0 Å². The highest BCUT2D eigenvalue weighted by atomic mass is 16.4. The maximum atomic E-state index is 12.4. The number of carboxylic acid groups (broad SMARTS) is 2. The molecule has 0 unspecified atom stereocenters. The van der Waals surface area contributed by atoms with Crippen molar-refractivity contribution >= 4 is 23.8 Å². The normalized spacial score (nSPS) is 11.0. The average molecular weight is 296 g/mol. The summed E-state index contributed by atoms with van der Waals surface area (Å²) in [6.07, 6.45) is 1.23. The van der Waals surface area contributed by atoms with Crippen LogP contribution < -0.4 is 0 Å². The van der Waals surface area contributed by atoms with E-state index in [1.54, 1.807) is 30.3 Å². The van der Waals surface area contributed by atoms with Crippen LogP contribution in [0.25, 0.3) is 6.08 Å². The van der Waals surface area contributed by atoms with Gasteiger partial charge in [-0.15, -0.1) is 0 Å². The third-order valence-electron chi connectivity index (χ3n) is 2.99. The summed E-state index contributed by atoms with van der Waals surface area (Å²) >= 11 is 0. The zero-order valence-corrected chi connectivity index (χ0v) is 11.4. The van der Waals surface area contributed by atoms with E-state index in [2.05, 4.69) is 0 Å². The van der Waals surface area contributed by atoms with Crippen molar-refractivity contribution < 1.29 is 24.6 Å². The van der Waals surface area contributed by atoms with E-state index < -0.39 is 23.3 Å². The van der Waals surface area contributed by atoms with Crippen molar-refractivity contribution in [3.8, 4) is 0 Å². The summed E-state index contributed by atoms with van der Waals surface area (Å²) in [6, 6.07) is 14.0. The fraction of sp³-hybridized carbons (Fsp3) is 0. The van der Waals surface area contributed by atoms with Crippen LogP contribution in [0.1, 0.15) is 26.3 Å². The van der Waals surface area contributed by atoms with Crippen LogP contribution in [-0.2, 0) is 4.79 Å². The molecule has 0 saturated heterocycles. The standard InChI is InChI=1S/C17H12O5/c18-15(12-8-4-5-9-13(12)16(19)20)14(17(21)22)10-11-6-2-1-3-7-11/h1-10H,(H,19,20)(H,21,22). The number of benzene rings is 2. The van der Waals surface area contributed by atoms with Gasteiger partial charge in [0.05, 0.1) is 5.56 Å². The number of carboxylic acids is 2. The van der Waals surface area contributed by atoms with Crippen LogP contribution in [-0.4, -0.2) is 27.9 Å². The third-order valence-corrected chi connectivity index (χ3v) is 2.99. The number of aromatic carboxylic acids is 1. The fourth-order valence-electron chi connectivity index (χ4n) is 1.95. The van der Waals surface area contributed by atoms with Gasteiger partial charge in [-0.1, -0.05) is 48.5 Å². The number of Topliss-reactive ketones (excluding diaryl/α,β-unsaturated/α-hetero) is 1. The molecule has 2 rings (SSSR count). The number of carbonyl (C=O) groups excluding carboxylic acids is 1. The Hall–Kier alpha value is -3.21. The van der Waals surface area contributed by atoms with Gasteiger partial charge in [0, 0.05) is 5.56 Å². The third kappa shape index (κ3) is 3.27. The Kier molecular flexibility index (Phi) is 4.48. The molecule has 0 saturated carbocycles. The van der Waals surface area contributed by atoms with Crippen molar-refractivity contribution in [2.45, 2.75) is 0 Å². The Bertz CT molecular complexity index is 760. The van der Waals surface area contributed by atoms with Crippen LogP contribution >= 0.6 is 0 Å². The van der Waals surface area contributed by atoms with Crippen molar-refractivity contribution in [1.29, 1.82) is 0 Å². The van der Waals surface area contributed by atoms with E-state index in [1.165, 1.54) is 30.3 Å². The van der Waals surface area contributed by atoms with E-state index in [1.807, 2.05) is 0 Å². The molecule has 2 aromatic carbocycles. The molecule has 0 aliphatic carbocycles. The van der Waals surface area contributed by atoms with Crippen molar-refractivity contribution in [1.82, 2.24) is 0 Å². The number of aliphatic carboxylic acids is 1. The van der Waals surface area contributed by atoms with Gasteiger partial charge in [-0.05, 0) is 17.7 Å². The zero-order chi connectivity index (χ0) is 16.1. The molecule has 0 bridgehead atoms. The molecule has 110 valence electrons. The quantitative estimate of drug-likeness (QED) is 0.383. The molecule has 0 aliphatic heterocycles. The Labute approximate surface area is 126 Å². The van der Waals surface area contributed by atoms with Crippen LogP contribution in [0, 0.1) is 0 Å². The van der Waals surface area contributed by atoms with Gasteiger partial charge in [0.1, 0.15) is 5.57 Å². The minimum absolute atomic E-state index is 0.153. The Morgan fingerprint density at radius 2 is 1.32 bits per heavy atom. The number of ketones is 1. The van der Waals surface area contributed by atoms with Crippen LogP contribution in [0.3, 0.4) is 0 Å². The first-order valence-electron chi connectivity index (χ1n) is 6.37. The molecule has 0 aromatic heterocycles. The molecular weight excluding hydrogens is 284 g/mol. The maximum absolute atomic E-state index is 12.4. The van der Waals surface area contributed by atoms with Gasteiger partial charge in [-0.25, -0.2) is 9.59 Å². The van der Waals surface area contributed by atoms with E-state index >= 15 is 0 Å². The van der Waals surface area contributed by atoms with Crippen LogP contribution in [0.4, 0.5) is 0 Å². The summed E-state index contributed by atoms with van der Waals surface area (Å²) in [7, 11) is 0. The molecule has 22 heavy (non-hydrogen) atoms. The predicted molar refractivity (Wildman–Crippen MR) is 79.8 cm³/mol. The molecule has 2 N–H and O–H groups in total. The molecule has 5 nitrogen and oxygen atoms in total. The van der Waals surface area contributed by atoms with Crippen molar-refractivity contribution in [2.24, 2.45) is 0 Å². The van der Waals surface area contributed by atoms with E-state index in [9.17, 15) is 19.5 Å². The monoisotopic (exact) mass is 296 g/mol. The maximum Gasteiger partial charge on any atom is 0.339 e. The Morgan fingerprint density at radius 3 is 1.86 bits per heavy atom. The van der Waals surface area contributed by atoms with Crippen molar-refractivity contribution in [3.05, 3.63) is 76.9 Å². The molecule has 0 radical (unpaired) electrons. The SMILES string of the molecule is O=C(O)C(=Cc1ccccc1)C(=O)c1ccccc1C(=O)O. The van der Waals surface area contributed by atoms with Crippen LogP contribution in [0.2, 0.25) is 0 Å². The van der Waals surface area contributed by atoms with Gasteiger partial charge in [0.2, 0.25) is 5.78 Å². The first-order chi connectivity index (χ1) is 10.5. The second-order valence-corrected chi connectivity index (χ2v) is 4.45. The minimum atomic E-state index is -1.41. The summed E-state index contributed by atoms with van der Waals surface area (Å²) < 4.78 is 0. The second-order valence-electron chi connectivity index (χ2n) is 4.45. The lowest BCUT2D eigenvalue weighted by Gasteiger charge is -2.06. The number of rotatable bonds is 5. The van der Waals surface area contributed by atoms with Gasteiger partial charge in [0.15, 0.2) is 0 Å². The molecule has 5 heteroatoms. The second kappa shape index (κ2) is 6.49. The topological polar surface area (TPSA) is 91.7 Å². The highest BCUT2D eigenvalue weighted by Crippen LogP contribution is 2.17. The molecule has 0 heterocycles. The molecule has 0 fully saturated rings. The van der Waals surface area contributed by atoms with Crippen molar-refractivity contribution in [2.75, 3.05) is 0 Å². The lowest BCUT2D eigenvalue weighted by Crippen LogP contribution is -2.16. The fourth-order valence-corrected chi connectivity index (χ4v) is 1.95. The van der Waals surface area contributed by atoms with E-state index in [4.69, 9.17) is 5.11 Å². The largest absolute Gasteiger partial charge is 0.478 e. The van der Waals surface area contributed by atoms with Crippen molar-refractivity contribution in [3.63, 3.8) is 0 Å². The summed E-state index contributed by atoms with van der Waals surface area (Å²) in [6.45, 7) is 0. The Morgan fingerprint density at radius 1 is 0.773 bits per heavy atom. The van der Waals surface area contributed by atoms with E-state index in [-0.39, 0.29) is 11.1 Å². The zero-order valence-electron chi connectivity index (χ0n) is 11.4. The first kappa shape index (κ1) is 15.2. The van der Waals surface area contributed by atoms with E-state index in [0.717, 1.165) is 0 Å². The van der Waals surface area contributed by atoms with E-state index in [0.29, 0.717) is 5.56 Å². The summed E-state index contributed by atoms with van der Waals surface area (Å²) in [5.74, 6) is -3.53. The lowest BCUT2D eigenvalue weighted by molar-refractivity contribution is -0.132. The van der Waals surface area contributed by atoms with Crippen LogP contribution in [0.5, 0.6) is 0 Å². The average Bonchev–Trinajstić information content (AvgIpc) is 2.52. The summed E-state index contributed by atoms with van der Waals surface area (Å²) in [5.41, 5.74) is -0.326. The van der Waals surface area contributed by atoms with Gasteiger partial charge in [-0.3, -0.25) is 4.79 Å². The Balaban J connectivity index is 2.51. The molecule has 0 spiro atoms. The smallest absolute Gasteiger partial charge is 0.339 e. The highest BCUT2D eigenvalue weighted by molar-refractivity contribution is 6.28. The van der Waals surface area contributed by atoms with Crippen LogP contribution in [0.15, 0.2) is 60.2 Å². The number of carbonyl (C=O) groups is 3. The summed E-state index contributed by atoms with van der Waals surface area (Å²) in [5, 5.41) is 18.4. The van der Waals surface area contributed by atoms with Gasteiger partial charge in [0.25, 0.3) is 0 Å². The minimum Gasteiger partial charge on any atom is -0.478 e. The number of hydrogen-bond donors (Lipinski definition) is 2. The molecular formula is C17H12O5. The first-order valence-corrected chi connectivity index (χ1v) is 6.37.